The van der Waals surface area contributed by atoms with Gasteiger partial charge in [0.15, 0.2) is 5.69 Å². The fourth-order valence-electron chi connectivity index (χ4n) is 1.79. The van der Waals surface area contributed by atoms with Gasteiger partial charge in [-0.05, 0) is 19.3 Å². The van der Waals surface area contributed by atoms with Gasteiger partial charge in [0.25, 0.3) is 0 Å². The first-order valence-electron chi connectivity index (χ1n) is 6.06. The molecular formula is C12H21N3O2. The van der Waals surface area contributed by atoms with Gasteiger partial charge < -0.3 is 10.5 Å². The van der Waals surface area contributed by atoms with Gasteiger partial charge in [-0.25, -0.2) is 9.48 Å². The van der Waals surface area contributed by atoms with Crippen molar-refractivity contribution in [2.24, 2.45) is 0 Å². The van der Waals surface area contributed by atoms with Crippen LogP contribution >= 0.6 is 0 Å². The maximum absolute atomic E-state index is 11.8. The van der Waals surface area contributed by atoms with E-state index in [0.717, 1.165) is 12.0 Å². The van der Waals surface area contributed by atoms with Gasteiger partial charge in [0.05, 0.1) is 6.61 Å². The number of hydrogen-bond donors (Lipinski definition) is 1. The van der Waals surface area contributed by atoms with Crippen LogP contribution in [0.4, 0.5) is 5.82 Å². The number of nitrogens with two attached hydrogens (primary N) is 1. The molecule has 0 unspecified atom stereocenters. The van der Waals surface area contributed by atoms with Crippen molar-refractivity contribution in [1.29, 1.82) is 0 Å². The third-order valence-corrected chi connectivity index (χ3v) is 2.51. The first-order valence-corrected chi connectivity index (χ1v) is 6.06. The molecule has 0 aromatic carbocycles. The number of hydrogen-bond acceptors (Lipinski definition) is 4. The van der Waals surface area contributed by atoms with Crippen LogP contribution < -0.4 is 5.73 Å². The molecule has 96 valence electrons. The van der Waals surface area contributed by atoms with Crippen LogP contribution in [0.15, 0.2) is 0 Å². The summed E-state index contributed by atoms with van der Waals surface area (Å²) in [6.07, 6.45) is 0.922. The molecule has 5 nitrogen and oxygen atoms in total. The van der Waals surface area contributed by atoms with E-state index in [-0.39, 0.29) is 5.92 Å². The number of aromatic nitrogens is 2. The van der Waals surface area contributed by atoms with Crippen molar-refractivity contribution in [2.75, 3.05) is 12.3 Å². The molecule has 0 radical (unpaired) electrons. The zero-order valence-electron chi connectivity index (χ0n) is 11.0. The second-order valence-corrected chi connectivity index (χ2v) is 4.25. The second-order valence-electron chi connectivity index (χ2n) is 4.25. The monoisotopic (exact) mass is 239 g/mol. The lowest BCUT2D eigenvalue weighted by molar-refractivity contribution is 0.0516. The summed E-state index contributed by atoms with van der Waals surface area (Å²) in [6, 6.07) is 0. The van der Waals surface area contributed by atoms with Gasteiger partial charge >= 0.3 is 5.97 Å². The fourth-order valence-corrected chi connectivity index (χ4v) is 1.79. The highest BCUT2D eigenvalue weighted by Crippen LogP contribution is 2.26. The summed E-state index contributed by atoms with van der Waals surface area (Å²) < 4.78 is 6.68. The standard InChI is InChI=1S/C12H21N3O2/c1-5-7-15-11(13)9(8(3)4)10(14-15)12(16)17-6-2/h8H,5-7,13H2,1-4H3. The van der Waals surface area contributed by atoms with Crippen molar-refractivity contribution >= 4 is 11.8 Å². The summed E-state index contributed by atoms with van der Waals surface area (Å²) in [5.41, 5.74) is 7.16. The number of carbonyl (C=O) groups excluding carboxylic acids is 1. The summed E-state index contributed by atoms with van der Waals surface area (Å²) in [7, 11) is 0. The van der Waals surface area contributed by atoms with Crippen molar-refractivity contribution < 1.29 is 9.53 Å². The van der Waals surface area contributed by atoms with Crippen LogP contribution in [0.3, 0.4) is 0 Å². The van der Waals surface area contributed by atoms with Gasteiger partial charge in [0.1, 0.15) is 5.82 Å². The predicted molar refractivity (Wildman–Crippen MR) is 67.0 cm³/mol. The second kappa shape index (κ2) is 5.70. The molecule has 1 aromatic rings. The van der Waals surface area contributed by atoms with Crippen LogP contribution in [0, 0.1) is 0 Å². The predicted octanol–water partition coefficient (Wildman–Crippen LogP) is 2.18. The topological polar surface area (TPSA) is 70.1 Å². The Morgan fingerprint density at radius 3 is 2.59 bits per heavy atom. The quantitative estimate of drug-likeness (QED) is 0.799. The summed E-state index contributed by atoms with van der Waals surface area (Å²) >= 11 is 0. The molecule has 5 heteroatoms. The number of carbonyl (C=O) groups is 1. The minimum atomic E-state index is -0.391. The van der Waals surface area contributed by atoms with Gasteiger partial charge in [0, 0.05) is 12.1 Å². The molecule has 1 rings (SSSR count). The van der Waals surface area contributed by atoms with Gasteiger partial charge in [-0.2, -0.15) is 5.10 Å². The molecule has 0 saturated heterocycles. The number of nitrogens with zero attached hydrogens (tertiary/aromatic N) is 2. The molecule has 1 heterocycles. The third-order valence-electron chi connectivity index (χ3n) is 2.51. The molecule has 1 aromatic heterocycles. The van der Waals surface area contributed by atoms with E-state index in [9.17, 15) is 4.79 Å². The zero-order valence-corrected chi connectivity index (χ0v) is 11.0. The minimum Gasteiger partial charge on any atom is -0.461 e. The van der Waals surface area contributed by atoms with Gasteiger partial charge in [0.2, 0.25) is 0 Å². The van der Waals surface area contributed by atoms with Gasteiger partial charge in [-0.1, -0.05) is 20.8 Å². The molecule has 0 saturated carbocycles. The lowest BCUT2D eigenvalue weighted by atomic mass is 10.0. The van der Waals surface area contributed by atoms with E-state index in [1.807, 2.05) is 20.8 Å². The maximum Gasteiger partial charge on any atom is 0.359 e. The number of rotatable bonds is 5. The van der Waals surface area contributed by atoms with Gasteiger partial charge in [-0.15, -0.1) is 0 Å². The van der Waals surface area contributed by atoms with E-state index in [4.69, 9.17) is 10.5 Å². The minimum absolute atomic E-state index is 0.153. The highest BCUT2D eigenvalue weighted by molar-refractivity contribution is 5.90. The number of nitrogen functional groups attached to an aromatic ring is 1. The number of anilines is 1. The number of aryl methyl sites for hydroxylation is 1. The van der Waals surface area contributed by atoms with Gasteiger partial charge in [-0.3, -0.25) is 0 Å². The molecule has 0 aliphatic rings. The SMILES string of the molecule is CCCn1nc(C(=O)OCC)c(C(C)C)c1N. The Labute approximate surface area is 102 Å². The summed E-state index contributed by atoms with van der Waals surface area (Å²) in [4.78, 5) is 11.8. The highest BCUT2D eigenvalue weighted by atomic mass is 16.5. The normalized spacial score (nSPS) is 10.9. The molecule has 0 fully saturated rings. The van der Waals surface area contributed by atoms with Crippen molar-refractivity contribution in [3.63, 3.8) is 0 Å². The van der Waals surface area contributed by atoms with Crippen molar-refractivity contribution in [1.82, 2.24) is 9.78 Å². The van der Waals surface area contributed by atoms with Crippen LogP contribution in [0.2, 0.25) is 0 Å². The molecule has 2 N–H and O–H groups in total. The van der Waals surface area contributed by atoms with Crippen molar-refractivity contribution in [3.8, 4) is 0 Å². The first kappa shape index (κ1) is 13.5. The molecule has 17 heavy (non-hydrogen) atoms. The van der Waals surface area contributed by atoms with E-state index in [1.54, 1.807) is 11.6 Å². The van der Waals surface area contributed by atoms with Crippen LogP contribution in [-0.4, -0.2) is 22.4 Å². The van der Waals surface area contributed by atoms with E-state index in [2.05, 4.69) is 5.10 Å². The molecule has 0 aliphatic heterocycles. The van der Waals surface area contributed by atoms with Crippen LogP contribution in [-0.2, 0) is 11.3 Å². The molecule has 0 spiro atoms. The Bertz CT molecular complexity index is 397. The largest absolute Gasteiger partial charge is 0.461 e. The fraction of sp³-hybridized carbons (Fsp3) is 0.667. The first-order chi connectivity index (χ1) is 8.02. The number of esters is 1. The van der Waals surface area contributed by atoms with E-state index >= 15 is 0 Å². The molecule has 0 amide bonds. The number of ether oxygens (including phenoxy) is 1. The average molecular weight is 239 g/mol. The third kappa shape index (κ3) is 2.78. The van der Waals surface area contributed by atoms with Crippen LogP contribution in [0.1, 0.15) is 56.1 Å². The Balaban J connectivity index is 3.18. The van der Waals surface area contributed by atoms with Crippen molar-refractivity contribution in [2.45, 2.75) is 46.6 Å². The maximum atomic E-state index is 11.8. The van der Waals surface area contributed by atoms with E-state index in [0.29, 0.717) is 24.7 Å². The zero-order chi connectivity index (χ0) is 13.0. The van der Waals surface area contributed by atoms with Crippen molar-refractivity contribution in [3.05, 3.63) is 11.3 Å². The van der Waals surface area contributed by atoms with E-state index < -0.39 is 5.97 Å². The highest BCUT2D eigenvalue weighted by Gasteiger charge is 2.24. The molecule has 0 aliphatic carbocycles. The Morgan fingerprint density at radius 2 is 2.12 bits per heavy atom. The summed E-state index contributed by atoms with van der Waals surface area (Å²) in [6.45, 7) is 8.86. The molecular weight excluding hydrogens is 218 g/mol. The Hall–Kier alpha value is -1.52. The molecule has 0 atom stereocenters. The summed E-state index contributed by atoms with van der Waals surface area (Å²) in [5, 5.41) is 4.26. The summed E-state index contributed by atoms with van der Waals surface area (Å²) in [5.74, 6) is 0.336. The van der Waals surface area contributed by atoms with E-state index in [1.165, 1.54) is 0 Å². The molecule has 0 bridgehead atoms. The van der Waals surface area contributed by atoms with Crippen LogP contribution in [0.25, 0.3) is 0 Å². The Kier molecular flexibility index (Phi) is 4.54. The van der Waals surface area contributed by atoms with Crippen LogP contribution in [0.5, 0.6) is 0 Å². The Morgan fingerprint density at radius 1 is 1.47 bits per heavy atom. The smallest absolute Gasteiger partial charge is 0.359 e. The lowest BCUT2D eigenvalue weighted by Crippen LogP contribution is -2.09. The lowest BCUT2D eigenvalue weighted by Gasteiger charge is -2.06. The average Bonchev–Trinajstić information content (AvgIpc) is 2.57.